The average Bonchev–Trinajstić information content (AvgIpc) is 3.20. The van der Waals surface area contributed by atoms with Gasteiger partial charge in [0.2, 0.25) is 0 Å². The fourth-order valence-electron chi connectivity index (χ4n) is 4.53. The van der Waals surface area contributed by atoms with Gasteiger partial charge in [-0.15, -0.1) is 0 Å². The Morgan fingerprint density at radius 2 is 1.55 bits per heavy atom. The number of benzene rings is 4. The number of amides is 1. The van der Waals surface area contributed by atoms with Gasteiger partial charge in [-0.25, -0.2) is 8.78 Å². The van der Waals surface area contributed by atoms with Crippen molar-refractivity contribution < 1.29 is 28.2 Å². The lowest BCUT2D eigenvalue weighted by molar-refractivity contribution is -0.132. The first kappa shape index (κ1) is 24.9. The molecular formula is C31H23F2NO4. The van der Waals surface area contributed by atoms with Crippen molar-refractivity contribution in [1.29, 1.82) is 0 Å². The molecule has 190 valence electrons. The zero-order valence-corrected chi connectivity index (χ0v) is 20.4. The third-order valence-electron chi connectivity index (χ3n) is 6.43. The number of aliphatic hydroxyl groups excluding tert-OH is 1. The van der Waals surface area contributed by atoms with Gasteiger partial charge in [0.1, 0.15) is 18.1 Å². The van der Waals surface area contributed by atoms with Gasteiger partial charge < -0.3 is 9.84 Å². The molecule has 0 radical (unpaired) electrons. The zero-order chi connectivity index (χ0) is 26.8. The van der Waals surface area contributed by atoms with Gasteiger partial charge in [0.25, 0.3) is 11.7 Å². The summed E-state index contributed by atoms with van der Waals surface area (Å²) in [5.74, 6) is -3.88. The van der Waals surface area contributed by atoms with Crippen LogP contribution in [-0.4, -0.2) is 16.8 Å². The van der Waals surface area contributed by atoms with E-state index in [0.29, 0.717) is 23.5 Å². The molecule has 5 rings (SSSR count). The molecule has 1 amide bonds. The Morgan fingerprint density at radius 1 is 0.868 bits per heavy atom. The first-order valence-corrected chi connectivity index (χ1v) is 11.9. The molecule has 4 aromatic carbocycles. The molecule has 1 fully saturated rings. The molecule has 1 heterocycles. The lowest BCUT2D eigenvalue weighted by Crippen LogP contribution is -2.29. The third kappa shape index (κ3) is 4.66. The van der Waals surface area contributed by atoms with Gasteiger partial charge in [0, 0.05) is 17.3 Å². The molecule has 0 aromatic heterocycles. The molecule has 38 heavy (non-hydrogen) atoms. The van der Waals surface area contributed by atoms with Crippen LogP contribution in [0.5, 0.6) is 5.75 Å². The number of halogens is 2. The number of ether oxygens (including phenoxy) is 1. The van der Waals surface area contributed by atoms with Crippen molar-refractivity contribution in [2.24, 2.45) is 0 Å². The van der Waals surface area contributed by atoms with E-state index in [-0.39, 0.29) is 17.0 Å². The minimum atomic E-state index is -1.15. The van der Waals surface area contributed by atoms with E-state index in [2.05, 4.69) is 0 Å². The average molecular weight is 512 g/mol. The van der Waals surface area contributed by atoms with Crippen LogP contribution in [0.4, 0.5) is 14.5 Å². The molecule has 1 unspecified atom stereocenters. The van der Waals surface area contributed by atoms with E-state index in [9.17, 15) is 23.5 Å². The number of aryl methyl sites for hydroxylation is 1. The molecule has 1 saturated heterocycles. The molecule has 1 N–H and O–H groups in total. The normalized spacial score (nSPS) is 16.6. The van der Waals surface area contributed by atoms with Crippen molar-refractivity contribution in [2.75, 3.05) is 4.90 Å². The SMILES string of the molecule is Cc1cc(/C(O)=C2\C(=O)C(=O)N(c3ccc(F)c(F)c3)C2c2ccccc2)ccc1OCc1ccccc1. The van der Waals surface area contributed by atoms with E-state index in [1.165, 1.54) is 6.07 Å². The molecule has 0 spiro atoms. The Morgan fingerprint density at radius 3 is 2.21 bits per heavy atom. The number of ketones is 1. The predicted octanol–water partition coefficient (Wildman–Crippen LogP) is 6.48. The van der Waals surface area contributed by atoms with Crippen LogP contribution in [0, 0.1) is 18.6 Å². The van der Waals surface area contributed by atoms with E-state index >= 15 is 0 Å². The second kappa shape index (κ2) is 10.3. The molecule has 0 bridgehead atoms. The Kier molecular flexibility index (Phi) is 6.75. The second-order valence-electron chi connectivity index (χ2n) is 8.93. The predicted molar refractivity (Wildman–Crippen MR) is 140 cm³/mol. The van der Waals surface area contributed by atoms with E-state index in [4.69, 9.17) is 4.74 Å². The highest BCUT2D eigenvalue weighted by molar-refractivity contribution is 6.51. The number of hydrogen-bond donors (Lipinski definition) is 1. The van der Waals surface area contributed by atoms with Gasteiger partial charge in [0.05, 0.1) is 11.6 Å². The third-order valence-corrected chi connectivity index (χ3v) is 6.43. The van der Waals surface area contributed by atoms with Gasteiger partial charge in [0.15, 0.2) is 11.6 Å². The highest BCUT2D eigenvalue weighted by atomic mass is 19.2. The van der Waals surface area contributed by atoms with Crippen molar-refractivity contribution >= 4 is 23.1 Å². The molecular weight excluding hydrogens is 488 g/mol. The Balaban J connectivity index is 1.55. The maximum absolute atomic E-state index is 14.1. The maximum Gasteiger partial charge on any atom is 0.300 e. The van der Waals surface area contributed by atoms with Gasteiger partial charge in [-0.2, -0.15) is 0 Å². The van der Waals surface area contributed by atoms with E-state index in [0.717, 1.165) is 28.2 Å². The molecule has 7 heteroatoms. The van der Waals surface area contributed by atoms with Gasteiger partial charge in [-0.05, 0) is 53.9 Å². The van der Waals surface area contributed by atoms with Crippen molar-refractivity contribution in [3.8, 4) is 5.75 Å². The number of Topliss-reactive ketones (excluding diaryl/α,β-unsaturated/α-hetero) is 1. The fourth-order valence-corrected chi connectivity index (χ4v) is 4.53. The number of rotatable bonds is 6. The van der Waals surface area contributed by atoms with Crippen LogP contribution in [-0.2, 0) is 16.2 Å². The number of nitrogens with zero attached hydrogens (tertiary/aromatic N) is 1. The lowest BCUT2D eigenvalue weighted by atomic mass is 9.94. The molecule has 0 aliphatic carbocycles. The quantitative estimate of drug-likeness (QED) is 0.183. The summed E-state index contributed by atoms with van der Waals surface area (Å²) in [5.41, 5.74) is 2.41. The molecule has 0 saturated carbocycles. The van der Waals surface area contributed by atoms with Crippen LogP contribution in [0.15, 0.2) is 103 Å². The Bertz CT molecular complexity index is 1550. The molecule has 4 aromatic rings. The minimum Gasteiger partial charge on any atom is -0.507 e. The summed E-state index contributed by atoms with van der Waals surface area (Å²) in [6.07, 6.45) is 0. The summed E-state index contributed by atoms with van der Waals surface area (Å²) in [5, 5.41) is 11.3. The van der Waals surface area contributed by atoms with Crippen LogP contribution in [0.25, 0.3) is 5.76 Å². The Labute approximate surface area is 218 Å². The highest BCUT2D eigenvalue weighted by Crippen LogP contribution is 2.42. The lowest BCUT2D eigenvalue weighted by Gasteiger charge is -2.25. The first-order chi connectivity index (χ1) is 18.3. The maximum atomic E-state index is 14.1. The van der Waals surface area contributed by atoms with Crippen molar-refractivity contribution in [2.45, 2.75) is 19.6 Å². The molecule has 1 aliphatic rings. The van der Waals surface area contributed by atoms with Crippen LogP contribution in [0.1, 0.15) is 28.3 Å². The van der Waals surface area contributed by atoms with E-state index in [1.807, 2.05) is 37.3 Å². The summed E-state index contributed by atoms with van der Waals surface area (Å²) >= 11 is 0. The summed E-state index contributed by atoms with van der Waals surface area (Å²) < 4.78 is 33.6. The van der Waals surface area contributed by atoms with Gasteiger partial charge >= 0.3 is 0 Å². The number of aliphatic hydroxyl groups is 1. The number of carbonyl (C=O) groups is 2. The largest absolute Gasteiger partial charge is 0.507 e. The Hall–Kier alpha value is -4.78. The summed E-state index contributed by atoms with van der Waals surface area (Å²) in [7, 11) is 0. The minimum absolute atomic E-state index is 0.000237. The van der Waals surface area contributed by atoms with E-state index in [1.54, 1.807) is 48.5 Å². The van der Waals surface area contributed by atoms with Gasteiger partial charge in [-0.1, -0.05) is 60.7 Å². The molecule has 5 nitrogen and oxygen atoms in total. The van der Waals surface area contributed by atoms with Crippen LogP contribution in [0.2, 0.25) is 0 Å². The first-order valence-electron chi connectivity index (χ1n) is 11.9. The second-order valence-corrected chi connectivity index (χ2v) is 8.93. The smallest absolute Gasteiger partial charge is 0.300 e. The van der Waals surface area contributed by atoms with Crippen LogP contribution in [0.3, 0.4) is 0 Å². The van der Waals surface area contributed by atoms with Crippen molar-refractivity contribution in [3.05, 3.63) is 137 Å². The number of anilines is 1. The van der Waals surface area contributed by atoms with Crippen LogP contribution < -0.4 is 9.64 Å². The monoisotopic (exact) mass is 511 g/mol. The van der Waals surface area contributed by atoms with E-state index < -0.39 is 29.4 Å². The van der Waals surface area contributed by atoms with Crippen molar-refractivity contribution in [3.63, 3.8) is 0 Å². The number of carbonyl (C=O) groups excluding carboxylic acids is 2. The molecule has 1 aliphatic heterocycles. The number of hydrogen-bond acceptors (Lipinski definition) is 4. The molecule has 1 atom stereocenters. The summed E-state index contributed by atoms with van der Waals surface area (Å²) in [6, 6.07) is 25.2. The fraction of sp³-hybridized carbons (Fsp3) is 0.0968. The highest BCUT2D eigenvalue weighted by Gasteiger charge is 2.47. The van der Waals surface area contributed by atoms with Crippen molar-refractivity contribution in [1.82, 2.24) is 0 Å². The summed E-state index contributed by atoms with van der Waals surface area (Å²) in [6.45, 7) is 2.17. The zero-order valence-electron chi connectivity index (χ0n) is 20.4. The summed E-state index contributed by atoms with van der Waals surface area (Å²) in [4.78, 5) is 27.5. The topological polar surface area (TPSA) is 66.8 Å². The van der Waals surface area contributed by atoms with Gasteiger partial charge in [-0.3, -0.25) is 14.5 Å². The van der Waals surface area contributed by atoms with Crippen LogP contribution >= 0.6 is 0 Å². The standard InChI is InChI=1S/C31H23F2NO4/c1-19-16-22(12-15-26(19)38-18-20-8-4-2-5-9-20)29(35)27-28(21-10-6-3-7-11-21)34(31(37)30(27)36)23-13-14-24(32)25(33)17-23/h2-17,28,35H,18H2,1H3/b29-27+.